The van der Waals surface area contributed by atoms with Gasteiger partial charge in [-0.2, -0.15) is 0 Å². The molecular formula is C22H42N2O17. The zero-order valence-electron chi connectivity index (χ0n) is 22.8. The fraction of sp³-hybridized carbons (Fsp3) is 0.682. The monoisotopic (exact) mass is 606 g/mol. The van der Waals surface area contributed by atoms with Gasteiger partial charge in [0.25, 0.3) is 0 Å². The average Bonchev–Trinajstić information content (AvgIpc) is 2.74. The molecule has 242 valence electrons. The van der Waals surface area contributed by atoms with Crippen molar-refractivity contribution in [2.45, 2.75) is 96.1 Å². The number of aliphatic carboxylic acids is 7. The van der Waals surface area contributed by atoms with Gasteiger partial charge in [-0.3, -0.25) is 33.6 Å². The minimum atomic E-state index is -1.17. The second kappa shape index (κ2) is 29.1. The third-order valence-corrected chi connectivity index (χ3v) is 3.38. The third kappa shape index (κ3) is 61.6. The first-order valence-corrected chi connectivity index (χ1v) is 11.6. The van der Waals surface area contributed by atoms with Crippen molar-refractivity contribution < 1.29 is 84.6 Å². The van der Waals surface area contributed by atoms with Crippen LogP contribution in [0.3, 0.4) is 0 Å². The lowest BCUT2D eigenvalue weighted by Gasteiger charge is -2.01. The fourth-order valence-corrected chi connectivity index (χ4v) is 1.56. The molecule has 19 nitrogen and oxygen atoms in total. The van der Waals surface area contributed by atoms with Gasteiger partial charge in [0.15, 0.2) is 0 Å². The number of nitrogens with two attached hydrogens (primary N) is 2. The van der Waals surface area contributed by atoms with Crippen molar-refractivity contribution in [3.63, 3.8) is 0 Å². The van der Waals surface area contributed by atoms with E-state index in [-0.39, 0.29) is 44.9 Å². The van der Waals surface area contributed by atoms with Crippen LogP contribution in [-0.2, 0) is 33.6 Å². The number of carboxylic acid groups (broad SMARTS) is 7. The SMILES string of the molecule is CC(O)CC(=O)O.CC(O)CC(=O)O.CC(O)CC(=O)O.N[C@@H](CCC(=O)O)C(=O)O.N[C@@H](CCC(=O)O)C(=O)O. The summed E-state index contributed by atoms with van der Waals surface area (Å²) in [6, 6.07) is -2.12. The predicted octanol–water partition coefficient (Wildman–Crippen LogP) is -1.95. The van der Waals surface area contributed by atoms with Gasteiger partial charge in [-0.25, -0.2) is 0 Å². The second-order valence-electron chi connectivity index (χ2n) is 8.09. The van der Waals surface area contributed by atoms with Gasteiger partial charge < -0.3 is 62.5 Å². The van der Waals surface area contributed by atoms with E-state index in [9.17, 15) is 33.6 Å². The molecular weight excluding hydrogens is 564 g/mol. The van der Waals surface area contributed by atoms with Crippen molar-refractivity contribution in [2.75, 3.05) is 0 Å². The highest BCUT2D eigenvalue weighted by molar-refractivity contribution is 5.75. The quantitative estimate of drug-likeness (QED) is 0.102. The van der Waals surface area contributed by atoms with Crippen molar-refractivity contribution in [3.8, 4) is 0 Å². The Kier molecular flexibility index (Phi) is 33.3. The van der Waals surface area contributed by atoms with Gasteiger partial charge >= 0.3 is 41.8 Å². The molecule has 0 amide bonds. The number of hydrogen-bond donors (Lipinski definition) is 12. The summed E-state index contributed by atoms with van der Waals surface area (Å²) >= 11 is 0. The highest BCUT2D eigenvalue weighted by Crippen LogP contribution is 1.94. The Morgan fingerprint density at radius 1 is 0.463 bits per heavy atom. The smallest absolute Gasteiger partial charge is 0.320 e. The number of carbonyl (C=O) groups is 7. The lowest BCUT2D eigenvalue weighted by molar-refractivity contribution is -0.141. The Morgan fingerprint density at radius 2 is 0.659 bits per heavy atom. The lowest BCUT2D eigenvalue weighted by atomic mass is 10.2. The molecule has 0 fully saturated rings. The topological polar surface area (TPSA) is 374 Å². The molecule has 0 aromatic carbocycles. The molecule has 0 rings (SSSR count). The van der Waals surface area contributed by atoms with Gasteiger partial charge in [0.05, 0.1) is 37.6 Å². The molecule has 0 saturated carbocycles. The molecule has 0 bridgehead atoms. The fourth-order valence-electron chi connectivity index (χ4n) is 1.56. The van der Waals surface area contributed by atoms with E-state index in [0.717, 1.165) is 0 Å². The van der Waals surface area contributed by atoms with Crippen LogP contribution < -0.4 is 11.5 Å². The highest BCUT2D eigenvalue weighted by atomic mass is 16.4. The van der Waals surface area contributed by atoms with Gasteiger partial charge in [-0.05, 0) is 33.6 Å². The first kappa shape index (κ1) is 46.9. The molecule has 5 atom stereocenters. The van der Waals surface area contributed by atoms with E-state index in [1.807, 2.05) is 0 Å². The number of carboxylic acids is 7. The second-order valence-corrected chi connectivity index (χ2v) is 8.09. The summed E-state index contributed by atoms with van der Waals surface area (Å²) in [6.07, 6.45) is -3.12. The van der Waals surface area contributed by atoms with Gasteiger partial charge in [0.2, 0.25) is 0 Å². The molecule has 0 radical (unpaired) electrons. The summed E-state index contributed by atoms with van der Waals surface area (Å²) in [7, 11) is 0. The number of aliphatic hydroxyl groups is 3. The van der Waals surface area contributed by atoms with Crippen molar-refractivity contribution in [1.82, 2.24) is 0 Å². The average molecular weight is 607 g/mol. The van der Waals surface area contributed by atoms with Crippen molar-refractivity contribution in [2.24, 2.45) is 11.5 Å². The normalized spacial score (nSPS) is 13.0. The molecule has 19 heteroatoms. The van der Waals surface area contributed by atoms with Gasteiger partial charge in [-0.1, -0.05) is 0 Å². The van der Waals surface area contributed by atoms with Crippen LogP contribution in [-0.4, -0.2) is 123 Å². The van der Waals surface area contributed by atoms with Crippen molar-refractivity contribution in [3.05, 3.63) is 0 Å². The summed E-state index contributed by atoms with van der Waals surface area (Å²) in [4.78, 5) is 68.7. The van der Waals surface area contributed by atoms with Crippen LogP contribution in [0.2, 0.25) is 0 Å². The summed E-state index contributed by atoms with van der Waals surface area (Å²) in [5.41, 5.74) is 10.0. The van der Waals surface area contributed by atoms with Crippen LogP contribution >= 0.6 is 0 Å². The van der Waals surface area contributed by atoms with E-state index in [4.69, 9.17) is 62.5 Å². The summed E-state index contributed by atoms with van der Waals surface area (Å²) < 4.78 is 0. The Morgan fingerprint density at radius 3 is 0.732 bits per heavy atom. The largest absolute Gasteiger partial charge is 0.481 e. The highest BCUT2D eigenvalue weighted by Gasteiger charge is 2.13. The minimum absolute atomic E-state index is 0.0231. The van der Waals surface area contributed by atoms with Crippen LogP contribution in [0.5, 0.6) is 0 Å². The summed E-state index contributed by atoms with van der Waals surface area (Å²) in [5.74, 6) is -7.28. The van der Waals surface area contributed by atoms with E-state index in [0.29, 0.717) is 0 Å². The Hall–Kier alpha value is -3.91. The maximum absolute atomic E-state index is 9.99. The molecule has 0 spiro atoms. The van der Waals surface area contributed by atoms with E-state index < -0.39 is 72.2 Å². The molecule has 0 aromatic rings. The molecule has 41 heavy (non-hydrogen) atoms. The van der Waals surface area contributed by atoms with Crippen molar-refractivity contribution in [1.29, 1.82) is 0 Å². The van der Waals surface area contributed by atoms with Crippen LogP contribution in [0.4, 0.5) is 0 Å². The van der Waals surface area contributed by atoms with Gasteiger partial charge in [0.1, 0.15) is 12.1 Å². The van der Waals surface area contributed by atoms with E-state index in [1.54, 1.807) is 0 Å². The lowest BCUT2D eigenvalue weighted by Crippen LogP contribution is -2.30. The van der Waals surface area contributed by atoms with Crippen LogP contribution in [0.25, 0.3) is 0 Å². The molecule has 0 heterocycles. The molecule has 0 aliphatic rings. The minimum Gasteiger partial charge on any atom is -0.481 e. The first-order valence-electron chi connectivity index (χ1n) is 11.6. The maximum Gasteiger partial charge on any atom is 0.320 e. The molecule has 14 N–H and O–H groups in total. The third-order valence-electron chi connectivity index (χ3n) is 3.38. The summed E-state index contributed by atoms with van der Waals surface area (Å²) in [6.45, 7) is 4.32. The number of hydrogen-bond acceptors (Lipinski definition) is 12. The van der Waals surface area contributed by atoms with E-state index >= 15 is 0 Å². The molecule has 0 aromatic heterocycles. The maximum atomic E-state index is 9.99. The number of aliphatic hydroxyl groups excluding tert-OH is 3. The van der Waals surface area contributed by atoms with Crippen LogP contribution in [0, 0.1) is 0 Å². The Labute approximate surface area is 234 Å². The Balaban J connectivity index is -0.000000133. The van der Waals surface area contributed by atoms with E-state index in [2.05, 4.69) is 0 Å². The van der Waals surface area contributed by atoms with Crippen LogP contribution in [0.15, 0.2) is 0 Å². The van der Waals surface area contributed by atoms with Crippen molar-refractivity contribution >= 4 is 41.8 Å². The van der Waals surface area contributed by atoms with E-state index in [1.165, 1.54) is 20.8 Å². The van der Waals surface area contributed by atoms with Crippen LogP contribution in [0.1, 0.15) is 65.7 Å². The number of rotatable bonds is 14. The zero-order chi connectivity index (χ0) is 33.9. The van der Waals surface area contributed by atoms with Gasteiger partial charge in [-0.15, -0.1) is 0 Å². The standard InChI is InChI=1S/2C5H9NO4.3C4H8O3/c2*6-3(5(9)10)1-2-4(7)8;3*1-3(5)2-4(6)7/h2*3H,1-2,6H2,(H,7,8)(H,9,10);3*3,5H,2H2,1H3,(H,6,7)/t2*3-;;;/m00.../s1. The molecule has 0 saturated heterocycles. The summed E-state index contributed by atoms with van der Waals surface area (Å²) in [5, 5.41) is 81.3. The molecule has 0 aliphatic heterocycles. The first-order chi connectivity index (χ1) is 18.5. The van der Waals surface area contributed by atoms with Gasteiger partial charge in [0, 0.05) is 12.8 Å². The zero-order valence-corrected chi connectivity index (χ0v) is 22.8. The Bertz CT molecular complexity index is 703. The molecule has 0 aliphatic carbocycles. The molecule has 3 unspecified atom stereocenters. The predicted molar refractivity (Wildman–Crippen MR) is 137 cm³/mol.